The minimum atomic E-state index is 0.490. The van der Waals surface area contributed by atoms with Crippen LogP contribution in [0, 0.1) is 6.92 Å². The highest BCUT2D eigenvalue weighted by molar-refractivity contribution is 7.98. The molecule has 2 heterocycles. The molecule has 0 aliphatic carbocycles. The van der Waals surface area contributed by atoms with Gasteiger partial charge in [0.1, 0.15) is 5.82 Å². The zero-order valence-electron chi connectivity index (χ0n) is 10.9. The standard InChI is InChI=1S/C14H13N5S/c1-9-6-13(15)19-14(17-9)20-8-10-7-16-11-4-2-3-5-12(11)18-10/h2-7H,8H2,1H3,(H2,15,17,19). The van der Waals surface area contributed by atoms with Gasteiger partial charge in [0.25, 0.3) is 0 Å². The molecule has 0 bridgehead atoms. The molecule has 5 nitrogen and oxygen atoms in total. The van der Waals surface area contributed by atoms with Crippen molar-refractivity contribution in [2.45, 2.75) is 17.8 Å². The Kier molecular flexibility index (Phi) is 3.47. The maximum absolute atomic E-state index is 5.71. The molecule has 20 heavy (non-hydrogen) atoms. The van der Waals surface area contributed by atoms with E-state index in [0.29, 0.717) is 16.7 Å². The van der Waals surface area contributed by atoms with Crippen molar-refractivity contribution in [1.29, 1.82) is 0 Å². The second-order valence-corrected chi connectivity index (χ2v) is 5.30. The smallest absolute Gasteiger partial charge is 0.190 e. The molecule has 3 rings (SSSR count). The molecule has 2 N–H and O–H groups in total. The van der Waals surface area contributed by atoms with Gasteiger partial charge in [0, 0.05) is 23.7 Å². The van der Waals surface area contributed by atoms with Gasteiger partial charge in [-0.15, -0.1) is 0 Å². The summed E-state index contributed by atoms with van der Waals surface area (Å²) in [5.74, 6) is 1.16. The van der Waals surface area contributed by atoms with Gasteiger partial charge in [-0.1, -0.05) is 23.9 Å². The quantitative estimate of drug-likeness (QED) is 0.588. The summed E-state index contributed by atoms with van der Waals surface area (Å²) in [6.45, 7) is 1.90. The Labute approximate surface area is 120 Å². The Hall–Kier alpha value is -2.21. The minimum absolute atomic E-state index is 0.490. The van der Waals surface area contributed by atoms with Crippen molar-refractivity contribution in [2.75, 3.05) is 5.73 Å². The highest BCUT2D eigenvalue weighted by atomic mass is 32.2. The van der Waals surface area contributed by atoms with Crippen LogP contribution in [0.1, 0.15) is 11.4 Å². The van der Waals surface area contributed by atoms with Crippen LogP contribution in [0.4, 0.5) is 5.82 Å². The highest BCUT2D eigenvalue weighted by Crippen LogP contribution is 2.20. The number of anilines is 1. The molecule has 0 radical (unpaired) electrons. The van der Waals surface area contributed by atoms with Gasteiger partial charge in [-0.25, -0.2) is 15.0 Å². The molecule has 0 aliphatic heterocycles. The Morgan fingerprint density at radius 1 is 1.10 bits per heavy atom. The third kappa shape index (κ3) is 2.85. The van der Waals surface area contributed by atoms with Gasteiger partial charge in [-0.05, 0) is 19.1 Å². The van der Waals surface area contributed by atoms with Crippen LogP contribution in [0.5, 0.6) is 0 Å². The second kappa shape index (κ2) is 5.42. The molecule has 0 unspecified atom stereocenters. The fourth-order valence-electron chi connectivity index (χ4n) is 1.83. The summed E-state index contributed by atoms with van der Waals surface area (Å²) >= 11 is 1.51. The van der Waals surface area contributed by atoms with Crippen molar-refractivity contribution in [3.8, 4) is 0 Å². The van der Waals surface area contributed by atoms with Crippen LogP contribution < -0.4 is 5.73 Å². The number of rotatable bonds is 3. The van der Waals surface area contributed by atoms with Crippen LogP contribution in [0.25, 0.3) is 11.0 Å². The summed E-state index contributed by atoms with van der Waals surface area (Å²) in [5.41, 5.74) is 9.27. The molecule has 1 aromatic carbocycles. The Morgan fingerprint density at radius 2 is 1.90 bits per heavy atom. The predicted molar refractivity (Wildman–Crippen MR) is 80.3 cm³/mol. The van der Waals surface area contributed by atoms with Gasteiger partial charge in [0.2, 0.25) is 0 Å². The second-order valence-electron chi connectivity index (χ2n) is 4.36. The van der Waals surface area contributed by atoms with E-state index in [1.807, 2.05) is 31.2 Å². The van der Waals surface area contributed by atoms with E-state index in [9.17, 15) is 0 Å². The number of benzene rings is 1. The van der Waals surface area contributed by atoms with Gasteiger partial charge >= 0.3 is 0 Å². The van der Waals surface area contributed by atoms with Crippen molar-refractivity contribution in [2.24, 2.45) is 0 Å². The number of hydrogen-bond acceptors (Lipinski definition) is 6. The van der Waals surface area contributed by atoms with E-state index in [4.69, 9.17) is 5.73 Å². The number of thioether (sulfide) groups is 1. The van der Waals surface area contributed by atoms with E-state index in [1.165, 1.54) is 11.8 Å². The third-order valence-electron chi connectivity index (χ3n) is 2.70. The first kappa shape index (κ1) is 12.8. The van der Waals surface area contributed by atoms with E-state index in [0.717, 1.165) is 22.4 Å². The number of fused-ring (bicyclic) bond motifs is 1. The van der Waals surface area contributed by atoms with Gasteiger partial charge in [0.15, 0.2) is 5.16 Å². The normalized spacial score (nSPS) is 10.8. The molecule has 0 saturated carbocycles. The monoisotopic (exact) mass is 283 g/mol. The number of nitrogens with two attached hydrogens (primary N) is 1. The third-order valence-corrected chi connectivity index (χ3v) is 3.58. The number of para-hydroxylation sites is 2. The molecule has 100 valence electrons. The lowest BCUT2D eigenvalue weighted by atomic mass is 10.3. The van der Waals surface area contributed by atoms with Gasteiger partial charge in [-0.3, -0.25) is 4.98 Å². The van der Waals surface area contributed by atoms with Crippen LogP contribution in [0.3, 0.4) is 0 Å². The van der Waals surface area contributed by atoms with Crippen LogP contribution in [0.15, 0.2) is 41.7 Å². The van der Waals surface area contributed by atoms with E-state index in [2.05, 4.69) is 19.9 Å². The average Bonchev–Trinajstić information content (AvgIpc) is 2.44. The zero-order valence-corrected chi connectivity index (χ0v) is 11.8. The maximum atomic E-state index is 5.71. The zero-order chi connectivity index (χ0) is 13.9. The van der Waals surface area contributed by atoms with Crippen molar-refractivity contribution in [3.05, 3.63) is 47.9 Å². The summed E-state index contributed by atoms with van der Waals surface area (Å²) in [6, 6.07) is 9.56. The molecule has 0 saturated heterocycles. The van der Waals surface area contributed by atoms with E-state index >= 15 is 0 Å². The maximum Gasteiger partial charge on any atom is 0.190 e. The largest absolute Gasteiger partial charge is 0.384 e. The lowest BCUT2D eigenvalue weighted by molar-refractivity contribution is 0.939. The SMILES string of the molecule is Cc1cc(N)nc(SCc2cnc3ccccc3n2)n1. The lowest BCUT2D eigenvalue weighted by Gasteiger charge is -2.03. The van der Waals surface area contributed by atoms with Gasteiger partial charge in [0.05, 0.1) is 16.7 Å². The summed E-state index contributed by atoms with van der Waals surface area (Å²) in [5, 5.41) is 0.664. The lowest BCUT2D eigenvalue weighted by Crippen LogP contribution is -1.97. The Balaban J connectivity index is 1.79. The predicted octanol–water partition coefficient (Wildman–Crippen LogP) is 2.60. The van der Waals surface area contributed by atoms with Crippen LogP contribution in [-0.2, 0) is 5.75 Å². The molecule has 0 fully saturated rings. The summed E-state index contributed by atoms with van der Waals surface area (Å²) in [6.07, 6.45) is 1.79. The van der Waals surface area contributed by atoms with Gasteiger partial charge in [-0.2, -0.15) is 0 Å². The van der Waals surface area contributed by atoms with E-state index < -0.39 is 0 Å². The number of aromatic nitrogens is 4. The first-order valence-electron chi connectivity index (χ1n) is 6.15. The number of nitrogen functional groups attached to an aromatic ring is 1. The molecule has 0 aliphatic rings. The van der Waals surface area contributed by atoms with Gasteiger partial charge < -0.3 is 5.73 Å². The molecule has 0 atom stereocenters. The van der Waals surface area contributed by atoms with Crippen molar-refractivity contribution in [1.82, 2.24) is 19.9 Å². The summed E-state index contributed by atoms with van der Waals surface area (Å²) in [4.78, 5) is 17.5. The number of hydrogen-bond donors (Lipinski definition) is 1. The Morgan fingerprint density at radius 3 is 2.70 bits per heavy atom. The first-order valence-corrected chi connectivity index (χ1v) is 7.14. The fourth-order valence-corrected chi connectivity index (χ4v) is 2.63. The molecule has 3 aromatic rings. The Bertz CT molecular complexity index is 739. The summed E-state index contributed by atoms with van der Waals surface area (Å²) in [7, 11) is 0. The van der Waals surface area contributed by atoms with Crippen molar-refractivity contribution < 1.29 is 0 Å². The fraction of sp³-hybridized carbons (Fsp3) is 0.143. The van der Waals surface area contributed by atoms with E-state index in [1.54, 1.807) is 12.3 Å². The van der Waals surface area contributed by atoms with Crippen molar-refractivity contribution >= 4 is 28.6 Å². The minimum Gasteiger partial charge on any atom is -0.384 e. The topological polar surface area (TPSA) is 77.6 Å². The number of nitrogens with zero attached hydrogens (tertiary/aromatic N) is 4. The first-order chi connectivity index (χ1) is 9.70. The highest BCUT2D eigenvalue weighted by Gasteiger charge is 2.04. The molecule has 6 heteroatoms. The summed E-state index contributed by atoms with van der Waals surface area (Å²) < 4.78 is 0. The van der Waals surface area contributed by atoms with Crippen LogP contribution in [0.2, 0.25) is 0 Å². The van der Waals surface area contributed by atoms with Crippen LogP contribution >= 0.6 is 11.8 Å². The van der Waals surface area contributed by atoms with Crippen LogP contribution in [-0.4, -0.2) is 19.9 Å². The number of aryl methyl sites for hydroxylation is 1. The molecule has 0 spiro atoms. The molecule has 2 aromatic heterocycles. The van der Waals surface area contributed by atoms with Crippen molar-refractivity contribution in [3.63, 3.8) is 0 Å². The van der Waals surface area contributed by atoms with E-state index in [-0.39, 0.29) is 0 Å². The molecule has 0 amide bonds. The molecular weight excluding hydrogens is 270 g/mol. The molecular formula is C14H13N5S. The average molecular weight is 283 g/mol.